The summed E-state index contributed by atoms with van der Waals surface area (Å²) in [5.74, 6) is -0.778. The molecule has 0 aromatic carbocycles. The van der Waals surface area contributed by atoms with E-state index in [0.29, 0.717) is 31.0 Å². The van der Waals surface area contributed by atoms with Gasteiger partial charge in [0.2, 0.25) is 5.91 Å². The molecule has 1 amide bonds. The number of hydrogen-bond donors (Lipinski definition) is 0. The van der Waals surface area contributed by atoms with E-state index in [-0.39, 0.29) is 30.5 Å². The molecule has 0 aliphatic rings. The fourth-order valence-electron chi connectivity index (χ4n) is 2.46. The van der Waals surface area contributed by atoms with Gasteiger partial charge in [0.15, 0.2) is 0 Å². The number of pyridine rings is 1. The van der Waals surface area contributed by atoms with Crippen LogP contribution in [0.3, 0.4) is 0 Å². The van der Waals surface area contributed by atoms with E-state index >= 15 is 0 Å². The average molecular weight is 335 g/mol. The van der Waals surface area contributed by atoms with Crippen molar-refractivity contribution in [3.63, 3.8) is 0 Å². The summed E-state index contributed by atoms with van der Waals surface area (Å²) in [6.45, 7) is 4.95. The van der Waals surface area contributed by atoms with Gasteiger partial charge in [0.05, 0.1) is 25.1 Å². The molecule has 2 rings (SSSR count). The number of nitrogens with zero attached hydrogens (tertiary/aromatic N) is 3. The molecule has 0 saturated carbocycles. The largest absolute Gasteiger partial charge is 0.466 e. The third-order valence-corrected chi connectivity index (χ3v) is 3.53. The molecular weight excluding hydrogens is 313 g/mol. The Morgan fingerprint density at radius 2 is 2.04 bits per heavy atom. The molecule has 0 radical (unpaired) electrons. The predicted molar refractivity (Wildman–Crippen MR) is 87.0 cm³/mol. The van der Waals surface area contributed by atoms with Gasteiger partial charge in [-0.25, -0.2) is 9.37 Å². The predicted octanol–water partition coefficient (Wildman–Crippen LogP) is 2.21. The van der Waals surface area contributed by atoms with E-state index in [1.54, 1.807) is 28.5 Å². The van der Waals surface area contributed by atoms with Gasteiger partial charge in [0, 0.05) is 25.5 Å². The van der Waals surface area contributed by atoms with E-state index in [0.717, 1.165) is 6.42 Å². The average Bonchev–Trinajstić information content (AvgIpc) is 2.92. The van der Waals surface area contributed by atoms with Crippen LogP contribution in [0.4, 0.5) is 4.39 Å². The lowest BCUT2D eigenvalue weighted by Gasteiger charge is -2.21. The monoisotopic (exact) mass is 335 g/mol. The van der Waals surface area contributed by atoms with Crippen molar-refractivity contribution in [3.8, 4) is 0 Å². The number of ether oxygens (including phenoxy) is 1. The number of carbonyl (C=O) groups excluding carboxylic acids is 2. The first-order chi connectivity index (χ1) is 11.5. The van der Waals surface area contributed by atoms with Crippen molar-refractivity contribution in [1.82, 2.24) is 14.3 Å². The maximum absolute atomic E-state index is 13.2. The summed E-state index contributed by atoms with van der Waals surface area (Å²) in [6.07, 6.45) is 4.06. The van der Waals surface area contributed by atoms with Gasteiger partial charge in [-0.15, -0.1) is 0 Å². The molecule has 0 bridgehead atoms. The molecule has 0 fully saturated rings. The Hall–Kier alpha value is -2.44. The van der Waals surface area contributed by atoms with Gasteiger partial charge < -0.3 is 14.0 Å². The van der Waals surface area contributed by atoms with Crippen LogP contribution in [0.15, 0.2) is 24.5 Å². The zero-order chi connectivity index (χ0) is 17.5. The Morgan fingerprint density at radius 1 is 1.25 bits per heavy atom. The highest BCUT2D eigenvalue weighted by atomic mass is 19.1. The SMILES string of the molecule is CCCN(CCC(=O)OCC)C(=O)Cc1cn2cc(F)ccc2n1. The summed E-state index contributed by atoms with van der Waals surface area (Å²) in [5.41, 5.74) is 1.16. The van der Waals surface area contributed by atoms with Crippen LogP contribution < -0.4 is 0 Å². The molecule has 7 heteroatoms. The van der Waals surface area contributed by atoms with Gasteiger partial charge in [0.1, 0.15) is 11.5 Å². The van der Waals surface area contributed by atoms with E-state index in [1.807, 2.05) is 6.92 Å². The normalized spacial score (nSPS) is 10.8. The van der Waals surface area contributed by atoms with E-state index in [1.165, 1.54) is 12.3 Å². The van der Waals surface area contributed by atoms with Crippen LogP contribution in [0, 0.1) is 5.82 Å². The third-order valence-electron chi connectivity index (χ3n) is 3.53. The highest BCUT2D eigenvalue weighted by Crippen LogP contribution is 2.09. The minimum absolute atomic E-state index is 0.106. The number of amides is 1. The van der Waals surface area contributed by atoms with Gasteiger partial charge in [-0.2, -0.15) is 0 Å². The first-order valence-electron chi connectivity index (χ1n) is 8.10. The molecule has 0 aliphatic carbocycles. The summed E-state index contributed by atoms with van der Waals surface area (Å²) in [7, 11) is 0. The molecule has 0 unspecified atom stereocenters. The lowest BCUT2D eigenvalue weighted by atomic mass is 10.2. The second-order valence-corrected chi connectivity index (χ2v) is 5.46. The molecule has 0 aliphatic heterocycles. The first kappa shape index (κ1) is 17.9. The number of halogens is 1. The summed E-state index contributed by atoms with van der Waals surface area (Å²) in [5, 5.41) is 0. The topological polar surface area (TPSA) is 63.9 Å². The maximum atomic E-state index is 13.2. The van der Waals surface area contributed by atoms with Crippen molar-refractivity contribution < 1.29 is 18.7 Å². The molecule has 130 valence electrons. The Kier molecular flexibility index (Phi) is 6.28. The Balaban J connectivity index is 2.01. The van der Waals surface area contributed by atoms with Crippen LogP contribution in [-0.4, -0.2) is 45.9 Å². The number of carbonyl (C=O) groups is 2. The van der Waals surface area contributed by atoms with Crippen LogP contribution in [0.2, 0.25) is 0 Å². The van der Waals surface area contributed by atoms with Crippen molar-refractivity contribution in [2.45, 2.75) is 33.1 Å². The summed E-state index contributed by atoms with van der Waals surface area (Å²) in [4.78, 5) is 29.9. The second-order valence-electron chi connectivity index (χ2n) is 5.46. The van der Waals surface area contributed by atoms with Crippen LogP contribution in [0.1, 0.15) is 32.4 Å². The highest BCUT2D eigenvalue weighted by Gasteiger charge is 2.17. The molecule has 0 atom stereocenters. The molecule has 2 aromatic heterocycles. The van der Waals surface area contributed by atoms with Gasteiger partial charge in [0.25, 0.3) is 0 Å². The lowest BCUT2D eigenvalue weighted by Crippen LogP contribution is -2.35. The van der Waals surface area contributed by atoms with Gasteiger partial charge in [-0.05, 0) is 25.5 Å². The molecule has 6 nitrogen and oxygen atoms in total. The minimum Gasteiger partial charge on any atom is -0.466 e. The van der Waals surface area contributed by atoms with Crippen LogP contribution in [0.25, 0.3) is 5.65 Å². The summed E-state index contributed by atoms with van der Waals surface area (Å²) < 4.78 is 19.7. The Morgan fingerprint density at radius 3 is 2.75 bits per heavy atom. The number of esters is 1. The number of rotatable bonds is 8. The highest BCUT2D eigenvalue weighted by molar-refractivity contribution is 5.79. The second kappa shape index (κ2) is 8.42. The molecule has 24 heavy (non-hydrogen) atoms. The van der Waals surface area contributed by atoms with Crippen molar-refractivity contribution in [1.29, 1.82) is 0 Å². The van der Waals surface area contributed by atoms with Gasteiger partial charge in [-0.1, -0.05) is 6.92 Å². The Labute approximate surface area is 140 Å². The van der Waals surface area contributed by atoms with E-state index in [2.05, 4.69) is 4.98 Å². The van der Waals surface area contributed by atoms with Crippen LogP contribution in [0.5, 0.6) is 0 Å². The quantitative estimate of drug-likeness (QED) is 0.694. The molecular formula is C17H22FN3O3. The number of hydrogen-bond acceptors (Lipinski definition) is 4. The number of fused-ring (bicyclic) bond motifs is 1. The Bertz CT molecular complexity index is 714. The molecule has 0 spiro atoms. The smallest absolute Gasteiger partial charge is 0.307 e. The lowest BCUT2D eigenvalue weighted by molar-refractivity contribution is -0.144. The van der Waals surface area contributed by atoms with Crippen molar-refractivity contribution in [3.05, 3.63) is 36.0 Å². The maximum Gasteiger partial charge on any atom is 0.307 e. The van der Waals surface area contributed by atoms with E-state index < -0.39 is 0 Å². The molecule has 2 heterocycles. The standard InChI is InChI=1S/C17H22FN3O3/c1-3-8-20(9-7-17(23)24-4-2)16(22)10-14-12-21-11-13(18)5-6-15(21)19-14/h5-6,11-12H,3-4,7-10H2,1-2H3. The minimum atomic E-state index is -0.361. The van der Waals surface area contributed by atoms with Crippen molar-refractivity contribution >= 4 is 17.5 Å². The number of imidazole rings is 1. The van der Waals surface area contributed by atoms with Crippen LogP contribution >= 0.6 is 0 Å². The van der Waals surface area contributed by atoms with E-state index in [4.69, 9.17) is 4.74 Å². The van der Waals surface area contributed by atoms with Crippen LogP contribution in [-0.2, 0) is 20.7 Å². The zero-order valence-electron chi connectivity index (χ0n) is 14.0. The summed E-state index contributed by atoms with van der Waals surface area (Å²) >= 11 is 0. The summed E-state index contributed by atoms with van der Waals surface area (Å²) in [6, 6.07) is 2.89. The van der Waals surface area contributed by atoms with Gasteiger partial charge in [-0.3, -0.25) is 9.59 Å². The fourth-order valence-corrected chi connectivity index (χ4v) is 2.46. The first-order valence-corrected chi connectivity index (χ1v) is 8.10. The van der Waals surface area contributed by atoms with Crippen molar-refractivity contribution in [2.75, 3.05) is 19.7 Å². The van der Waals surface area contributed by atoms with Gasteiger partial charge >= 0.3 is 5.97 Å². The van der Waals surface area contributed by atoms with E-state index in [9.17, 15) is 14.0 Å². The molecule has 0 N–H and O–H groups in total. The zero-order valence-corrected chi connectivity index (χ0v) is 14.0. The third kappa shape index (κ3) is 4.78. The molecule has 2 aromatic rings. The fraction of sp³-hybridized carbons (Fsp3) is 0.471. The number of aromatic nitrogens is 2. The van der Waals surface area contributed by atoms with Crippen molar-refractivity contribution in [2.24, 2.45) is 0 Å². The molecule has 0 saturated heterocycles.